The van der Waals surface area contributed by atoms with E-state index in [1.54, 1.807) is 11.0 Å². The summed E-state index contributed by atoms with van der Waals surface area (Å²) < 4.78 is 5.83. The van der Waals surface area contributed by atoms with Gasteiger partial charge in [-0.05, 0) is 55.2 Å². The zero-order chi connectivity index (χ0) is 25.3. The molecule has 0 saturated heterocycles. The van der Waals surface area contributed by atoms with E-state index < -0.39 is 6.04 Å². The Labute approximate surface area is 218 Å². The van der Waals surface area contributed by atoms with Crippen molar-refractivity contribution >= 4 is 23.4 Å². The molecule has 3 aromatic rings. The second-order valence-electron chi connectivity index (χ2n) is 9.45. The van der Waals surface area contributed by atoms with Crippen LogP contribution in [0.1, 0.15) is 42.4 Å². The van der Waals surface area contributed by atoms with Crippen molar-refractivity contribution in [2.75, 3.05) is 6.61 Å². The molecule has 0 bridgehead atoms. The van der Waals surface area contributed by atoms with Crippen molar-refractivity contribution in [2.45, 2.75) is 57.7 Å². The molecular formula is C30H33ClN2O3. The van der Waals surface area contributed by atoms with Crippen molar-refractivity contribution in [1.29, 1.82) is 0 Å². The Morgan fingerprint density at radius 3 is 2.36 bits per heavy atom. The molecule has 1 aliphatic carbocycles. The van der Waals surface area contributed by atoms with Gasteiger partial charge in [-0.15, -0.1) is 0 Å². The third-order valence-corrected chi connectivity index (χ3v) is 6.83. The van der Waals surface area contributed by atoms with Crippen molar-refractivity contribution in [3.63, 3.8) is 0 Å². The first-order chi connectivity index (χ1) is 17.5. The number of carbonyl (C=O) groups excluding carboxylic acids is 2. The first-order valence-corrected chi connectivity index (χ1v) is 12.9. The van der Waals surface area contributed by atoms with E-state index in [-0.39, 0.29) is 31.0 Å². The molecule has 0 aromatic heterocycles. The van der Waals surface area contributed by atoms with E-state index in [1.165, 1.54) is 0 Å². The topological polar surface area (TPSA) is 58.6 Å². The summed E-state index contributed by atoms with van der Waals surface area (Å²) in [6.45, 7) is 2.09. The summed E-state index contributed by atoms with van der Waals surface area (Å²) in [4.78, 5) is 28.9. The zero-order valence-electron chi connectivity index (χ0n) is 20.7. The highest BCUT2D eigenvalue weighted by molar-refractivity contribution is 6.30. The SMILES string of the molecule is Cc1ccc(OCC(=O)N(Cc2cccc(Cl)c2)[C@H](Cc2ccccc2)C(=O)NC2CCCC2)cc1. The number of carbonyl (C=O) groups is 2. The van der Waals surface area contributed by atoms with Gasteiger partial charge in [-0.2, -0.15) is 0 Å². The van der Waals surface area contributed by atoms with Gasteiger partial charge < -0.3 is 15.0 Å². The number of hydrogen-bond donors (Lipinski definition) is 1. The molecule has 1 N–H and O–H groups in total. The number of ether oxygens (including phenoxy) is 1. The molecule has 188 valence electrons. The van der Waals surface area contributed by atoms with Crippen LogP contribution in [-0.2, 0) is 22.6 Å². The molecule has 6 heteroatoms. The summed E-state index contributed by atoms with van der Waals surface area (Å²) in [5.41, 5.74) is 2.97. The molecular weight excluding hydrogens is 472 g/mol. The molecule has 3 aromatic carbocycles. The van der Waals surface area contributed by atoms with Crippen molar-refractivity contribution in [1.82, 2.24) is 10.2 Å². The monoisotopic (exact) mass is 504 g/mol. The van der Waals surface area contributed by atoms with Crippen LogP contribution >= 0.6 is 11.6 Å². The van der Waals surface area contributed by atoms with Gasteiger partial charge in [-0.25, -0.2) is 0 Å². The van der Waals surface area contributed by atoms with Crippen LogP contribution in [0.4, 0.5) is 0 Å². The number of aryl methyl sites for hydroxylation is 1. The second kappa shape index (κ2) is 12.6. The van der Waals surface area contributed by atoms with Crippen LogP contribution in [0.25, 0.3) is 0 Å². The largest absolute Gasteiger partial charge is 0.484 e. The molecule has 0 aliphatic heterocycles. The molecule has 1 fully saturated rings. The lowest BCUT2D eigenvalue weighted by Gasteiger charge is -2.32. The van der Waals surface area contributed by atoms with Gasteiger partial charge in [0.15, 0.2) is 6.61 Å². The number of nitrogens with zero attached hydrogens (tertiary/aromatic N) is 1. The average molecular weight is 505 g/mol. The first kappa shape index (κ1) is 25.8. The number of halogens is 1. The normalized spacial score (nSPS) is 14.3. The predicted octanol–water partition coefficient (Wildman–Crippen LogP) is 5.73. The summed E-state index contributed by atoms with van der Waals surface area (Å²) in [6, 6.07) is 24.3. The maximum absolute atomic E-state index is 13.6. The summed E-state index contributed by atoms with van der Waals surface area (Å²) in [5.74, 6) is 0.237. The summed E-state index contributed by atoms with van der Waals surface area (Å²) in [7, 11) is 0. The van der Waals surface area contributed by atoms with E-state index >= 15 is 0 Å². The molecule has 1 saturated carbocycles. The highest BCUT2D eigenvalue weighted by atomic mass is 35.5. The van der Waals surface area contributed by atoms with Gasteiger partial charge in [0.1, 0.15) is 11.8 Å². The van der Waals surface area contributed by atoms with Gasteiger partial charge >= 0.3 is 0 Å². The van der Waals surface area contributed by atoms with Gasteiger partial charge in [-0.1, -0.05) is 84.6 Å². The Morgan fingerprint density at radius 2 is 1.67 bits per heavy atom. The number of nitrogens with one attached hydrogen (secondary N) is 1. The summed E-state index contributed by atoms with van der Waals surface area (Å²) >= 11 is 6.24. The Balaban J connectivity index is 1.60. The van der Waals surface area contributed by atoms with Crippen LogP contribution in [0.15, 0.2) is 78.9 Å². The third-order valence-electron chi connectivity index (χ3n) is 6.60. The van der Waals surface area contributed by atoms with E-state index in [0.29, 0.717) is 17.2 Å². The first-order valence-electron chi connectivity index (χ1n) is 12.6. The molecule has 5 nitrogen and oxygen atoms in total. The average Bonchev–Trinajstić information content (AvgIpc) is 3.39. The van der Waals surface area contributed by atoms with E-state index in [9.17, 15) is 9.59 Å². The van der Waals surface area contributed by atoms with E-state index in [1.807, 2.05) is 79.7 Å². The van der Waals surface area contributed by atoms with Gasteiger partial charge in [0.25, 0.3) is 5.91 Å². The second-order valence-corrected chi connectivity index (χ2v) is 9.89. The van der Waals surface area contributed by atoms with Crippen LogP contribution in [0.2, 0.25) is 5.02 Å². The van der Waals surface area contributed by atoms with Gasteiger partial charge in [0.2, 0.25) is 5.91 Å². The summed E-state index contributed by atoms with van der Waals surface area (Å²) in [6.07, 6.45) is 4.59. The highest BCUT2D eigenvalue weighted by Gasteiger charge is 2.32. The van der Waals surface area contributed by atoms with Crippen LogP contribution in [-0.4, -0.2) is 35.4 Å². The molecule has 0 radical (unpaired) electrons. The van der Waals surface area contributed by atoms with E-state index in [2.05, 4.69) is 5.32 Å². The van der Waals surface area contributed by atoms with Crippen molar-refractivity contribution in [2.24, 2.45) is 0 Å². The van der Waals surface area contributed by atoms with Crippen molar-refractivity contribution in [3.8, 4) is 5.75 Å². The third kappa shape index (κ3) is 7.34. The lowest BCUT2D eigenvalue weighted by molar-refractivity contribution is -0.143. The standard InChI is InChI=1S/C30H33ClN2O3/c1-22-14-16-27(17-15-22)36-21-29(34)33(20-24-10-7-11-25(31)18-24)28(19-23-8-3-2-4-9-23)30(35)32-26-12-5-6-13-26/h2-4,7-11,14-18,26,28H,5-6,12-13,19-21H2,1H3,(H,32,35)/t28-/m1/s1. The minimum absolute atomic E-state index is 0.128. The fraction of sp³-hybridized carbons (Fsp3) is 0.333. The Bertz CT molecular complexity index is 1140. The van der Waals surface area contributed by atoms with Crippen LogP contribution < -0.4 is 10.1 Å². The van der Waals surface area contributed by atoms with Crippen molar-refractivity contribution in [3.05, 3.63) is 101 Å². The Morgan fingerprint density at radius 1 is 0.972 bits per heavy atom. The number of benzene rings is 3. The number of rotatable bonds is 10. The van der Waals surface area contributed by atoms with Crippen LogP contribution in [0.3, 0.4) is 0 Å². The molecule has 2 amide bonds. The molecule has 0 unspecified atom stereocenters. The quantitative estimate of drug-likeness (QED) is 0.384. The molecule has 0 heterocycles. The molecule has 0 spiro atoms. The Hall–Kier alpha value is -3.31. The maximum Gasteiger partial charge on any atom is 0.261 e. The molecule has 36 heavy (non-hydrogen) atoms. The van der Waals surface area contributed by atoms with Gasteiger partial charge in [0.05, 0.1) is 0 Å². The number of hydrogen-bond acceptors (Lipinski definition) is 3. The Kier molecular flexibility index (Phi) is 9.01. The maximum atomic E-state index is 13.6. The van der Waals surface area contributed by atoms with E-state index in [4.69, 9.17) is 16.3 Å². The molecule has 1 aliphatic rings. The molecule has 4 rings (SSSR count). The van der Waals surface area contributed by atoms with E-state index in [0.717, 1.165) is 42.4 Å². The minimum Gasteiger partial charge on any atom is -0.484 e. The smallest absolute Gasteiger partial charge is 0.261 e. The fourth-order valence-electron chi connectivity index (χ4n) is 4.62. The predicted molar refractivity (Wildman–Crippen MR) is 143 cm³/mol. The molecule has 1 atom stereocenters. The van der Waals surface area contributed by atoms with Crippen LogP contribution in [0, 0.1) is 6.92 Å². The van der Waals surface area contributed by atoms with Crippen LogP contribution in [0.5, 0.6) is 5.75 Å². The number of amides is 2. The van der Waals surface area contributed by atoms with Gasteiger partial charge in [-0.3, -0.25) is 9.59 Å². The zero-order valence-corrected chi connectivity index (χ0v) is 21.4. The fourth-order valence-corrected chi connectivity index (χ4v) is 4.83. The lowest BCUT2D eigenvalue weighted by atomic mass is 10.0. The van der Waals surface area contributed by atoms with Gasteiger partial charge in [0, 0.05) is 24.0 Å². The lowest BCUT2D eigenvalue weighted by Crippen LogP contribution is -2.53. The van der Waals surface area contributed by atoms with Crippen molar-refractivity contribution < 1.29 is 14.3 Å². The minimum atomic E-state index is -0.680. The highest BCUT2D eigenvalue weighted by Crippen LogP contribution is 2.21. The summed E-state index contributed by atoms with van der Waals surface area (Å²) in [5, 5.41) is 3.80.